The lowest BCUT2D eigenvalue weighted by molar-refractivity contribution is 0.0917. The predicted molar refractivity (Wildman–Crippen MR) is 129 cm³/mol. The summed E-state index contributed by atoms with van der Waals surface area (Å²) in [5, 5.41) is 4.27. The van der Waals surface area contributed by atoms with E-state index in [1.807, 2.05) is 43.3 Å². The Balaban J connectivity index is 1.47. The molecule has 1 amide bonds. The Morgan fingerprint density at radius 1 is 1.12 bits per heavy atom. The van der Waals surface area contributed by atoms with Crippen LogP contribution in [0.1, 0.15) is 55.5 Å². The molecule has 2 bridgehead atoms. The van der Waals surface area contributed by atoms with E-state index < -0.39 is 0 Å². The first-order valence-electron chi connectivity index (χ1n) is 12.0. The molecule has 4 nitrogen and oxygen atoms in total. The maximum Gasteiger partial charge on any atom is 0.252 e. The number of nitrogens with zero attached hydrogens (tertiary/aromatic N) is 1. The summed E-state index contributed by atoms with van der Waals surface area (Å²) in [6.45, 7) is 6.85. The molecule has 3 aromatic rings. The van der Waals surface area contributed by atoms with E-state index in [4.69, 9.17) is 9.72 Å². The fraction of sp³-hybridized carbons (Fsp3) is 0.429. The number of aryl methyl sites for hydroxylation is 1. The van der Waals surface area contributed by atoms with Crippen LogP contribution in [0.2, 0.25) is 0 Å². The summed E-state index contributed by atoms with van der Waals surface area (Å²) >= 11 is 0. The van der Waals surface area contributed by atoms with Crippen molar-refractivity contribution in [1.29, 1.82) is 0 Å². The van der Waals surface area contributed by atoms with Gasteiger partial charge in [0.1, 0.15) is 5.75 Å². The number of rotatable bonds is 6. The number of nitrogens with one attached hydrogen (secondary N) is 1. The van der Waals surface area contributed by atoms with Gasteiger partial charge in [-0.15, -0.1) is 0 Å². The maximum atomic E-state index is 13.5. The number of benzene rings is 2. The first-order valence-corrected chi connectivity index (χ1v) is 12.0. The fourth-order valence-corrected chi connectivity index (χ4v) is 5.86. The molecule has 0 saturated heterocycles. The standard InChI is InChI=1S/C28H32N2O2/c1-4-32-22-10-8-20(9-11-22)27-16-25(24-13-17(2)5-12-26(24)30-27)28(31)29-18(3)23-15-19-6-7-21(23)14-19/h5,8-13,16,18-19,21,23H,4,6-7,14-15H2,1-3H3,(H,29,31). The average molecular weight is 429 g/mol. The number of fused-ring (bicyclic) bond motifs is 3. The molecule has 2 aromatic carbocycles. The SMILES string of the molecule is CCOc1ccc(-c2cc(C(=O)NC(C)C3CC4CCC3C4)c3cc(C)ccc3n2)cc1. The molecule has 2 aliphatic carbocycles. The minimum atomic E-state index is 0.00506. The zero-order valence-electron chi connectivity index (χ0n) is 19.2. The molecule has 166 valence electrons. The average Bonchev–Trinajstić information content (AvgIpc) is 3.43. The highest BCUT2D eigenvalue weighted by atomic mass is 16.5. The smallest absolute Gasteiger partial charge is 0.252 e. The molecule has 1 N–H and O–H groups in total. The van der Waals surface area contributed by atoms with E-state index in [0.717, 1.165) is 45.3 Å². The molecule has 2 fully saturated rings. The summed E-state index contributed by atoms with van der Waals surface area (Å²) in [5.74, 6) is 3.11. The summed E-state index contributed by atoms with van der Waals surface area (Å²) in [5.41, 5.74) is 4.47. The molecule has 32 heavy (non-hydrogen) atoms. The van der Waals surface area contributed by atoms with Crippen molar-refractivity contribution in [3.8, 4) is 17.0 Å². The minimum absolute atomic E-state index is 0.00506. The summed E-state index contributed by atoms with van der Waals surface area (Å²) in [7, 11) is 0. The second-order valence-electron chi connectivity index (χ2n) is 9.63. The van der Waals surface area contributed by atoms with Crippen LogP contribution in [-0.2, 0) is 0 Å². The summed E-state index contributed by atoms with van der Waals surface area (Å²) in [6.07, 6.45) is 5.32. The van der Waals surface area contributed by atoms with Gasteiger partial charge in [0.25, 0.3) is 5.91 Å². The second kappa shape index (κ2) is 8.57. The quantitative estimate of drug-likeness (QED) is 0.511. The third-order valence-corrected chi connectivity index (χ3v) is 7.46. The molecule has 1 heterocycles. The van der Waals surface area contributed by atoms with Crippen molar-refractivity contribution in [3.05, 3.63) is 59.7 Å². The Morgan fingerprint density at radius 3 is 2.62 bits per heavy atom. The molecule has 0 radical (unpaired) electrons. The van der Waals surface area contributed by atoms with Crippen LogP contribution in [0.25, 0.3) is 22.2 Å². The topological polar surface area (TPSA) is 51.2 Å². The number of carbonyl (C=O) groups is 1. The van der Waals surface area contributed by atoms with Gasteiger partial charge in [-0.25, -0.2) is 4.98 Å². The number of carbonyl (C=O) groups excluding carboxylic acids is 1. The zero-order chi connectivity index (χ0) is 22.2. The van der Waals surface area contributed by atoms with Gasteiger partial charge in [0.15, 0.2) is 0 Å². The Hall–Kier alpha value is -2.88. The van der Waals surface area contributed by atoms with Crippen LogP contribution in [0.4, 0.5) is 0 Å². The fourth-order valence-electron chi connectivity index (χ4n) is 5.86. The van der Waals surface area contributed by atoms with Crippen molar-refractivity contribution < 1.29 is 9.53 Å². The number of hydrogen-bond donors (Lipinski definition) is 1. The minimum Gasteiger partial charge on any atom is -0.494 e. The number of amides is 1. The third kappa shape index (κ3) is 3.99. The summed E-state index contributed by atoms with van der Waals surface area (Å²) in [6, 6.07) is 16.2. The molecule has 4 heteroatoms. The van der Waals surface area contributed by atoms with Crippen LogP contribution in [-0.4, -0.2) is 23.5 Å². The van der Waals surface area contributed by atoms with Gasteiger partial charge in [-0.2, -0.15) is 0 Å². The molecule has 2 saturated carbocycles. The first-order chi connectivity index (χ1) is 15.5. The molecule has 2 aliphatic rings. The third-order valence-electron chi connectivity index (χ3n) is 7.46. The lowest BCUT2D eigenvalue weighted by Crippen LogP contribution is -2.40. The molecular formula is C28H32N2O2. The van der Waals surface area contributed by atoms with E-state index in [-0.39, 0.29) is 11.9 Å². The van der Waals surface area contributed by atoms with Crippen LogP contribution in [0.5, 0.6) is 5.75 Å². The lowest BCUT2D eigenvalue weighted by atomic mass is 9.84. The Morgan fingerprint density at radius 2 is 1.94 bits per heavy atom. The van der Waals surface area contributed by atoms with Gasteiger partial charge < -0.3 is 10.1 Å². The Labute approximate surface area is 190 Å². The van der Waals surface area contributed by atoms with Crippen molar-refractivity contribution in [2.75, 3.05) is 6.61 Å². The van der Waals surface area contributed by atoms with Gasteiger partial charge in [0, 0.05) is 17.0 Å². The van der Waals surface area contributed by atoms with E-state index >= 15 is 0 Å². The molecular weight excluding hydrogens is 396 g/mol. The van der Waals surface area contributed by atoms with Crippen LogP contribution >= 0.6 is 0 Å². The number of pyridine rings is 1. The first kappa shape index (κ1) is 21.0. The van der Waals surface area contributed by atoms with E-state index in [9.17, 15) is 4.79 Å². The maximum absolute atomic E-state index is 13.5. The van der Waals surface area contributed by atoms with E-state index in [1.165, 1.54) is 25.7 Å². The number of ether oxygens (including phenoxy) is 1. The van der Waals surface area contributed by atoms with Crippen molar-refractivity contribution in [2.24, 2.45) is 17.8 Å². The van der Waals surface area contributed by atoms with Gasteiger partial charge in [-0.3, -0.25) is 4.79 Å². The van der Waals surface area contributed by atoms with Gasteiger partial charge in [0.05, 0.1) is 23.4 Å². The Bertz CT molecular complexity index is 1140. The van der Waals surface area contributed by atoms with Gasteiger partial charge >= 0.3 is 0 Å². The predicted octanol–water partition coefficient (Wildman–Crippen LogP) is 6.16. The van der Waals surface area contributed by atoms with Crippen molar-refractivity contribution >= 4 is 16.8 Å². The lowest BCUT2D eigenvalue weighted by Gasteiger charge is -2.28. The molecule has 4 unspecified atom stereocenters. The van der Waals surface area contributed by atoms with Crippen molar-refractivity contribution in [2.45, 2.75) is 52.5 Å². The summed E-state index contributed by atoms with van der Waals surface area (Å²) < 4.78 is 5.57. The van der Waals surface area contributed by atoms with Crippen LogP contribution in [0, 0.1) is 24.7 Å². The highest BCUT2D eigenvalue weighted by Gasteiger charge is 2.42. The normalized spacial score (nSPS) is 22.8. The van der Waals surface area contributed by atoms with Crippen LogP contribution < -0.4 is 10.1 Å². The van der Waals surface area contributed by atoms with Gasteiger partial charge in [-0.1, -0.05) is 18.1 Å². The van der Waals surface area contributed by atoms with Gasteiger partial charge in [0.2, 0.25) is 0 Å². The van der Waals surface area contributed by atoms with E-state index in [0.29, 0.717) is 18.1 Å². The molecule has 0 aliphatic heterocycles. The number of hydrogen-bond acceptors (Lipinski definition) is 3. The van der Waals surface area contributed by atoms with Crippen LogP contribution in [0.3, 0.4) is 0 Å². The second-order valence-corrected chi connectivity index (χ2v) is 9.63. The highest BCUT2D eigenvalue weighted by molar-refractivity contribution is 6.07. The van der Waals surface area contributed by atoms with Crippen molar-refractivity contribution in [3.63, 3.8) is 0 Å². The molecule has 5 rings (SSSR count). The van der Waals surface area contributed by atoms with Gasteiger partial charge in [-0.05, 0) is 100 Å². The highest BCUT2D eigenvalue weighted by Crippen LogP contribution is 2.49. The van der Waals surface area contributed by atoms with Crippen LogP contribution in [0.15, 0.2) is 48.5 Å². The van der Waals surface area contributed by atoms with E-state index in [1.54, 1.807) is 0 Å². The largest absolute Gasteiger partial charge is 0.494 e. The Kier molecular flexibility index (Phi) is 5.62. The zero-order valence-corrected chi connectivity index (χ0v) is 19.2. The number of aromatic nitrogens is 1. The molecule has 0 spiro atoms. The van der Waals surface area contributed by atoms with E-state index in [2.05, 4.69) is 31.3 Å². The molecule has 1 aromatic heterocycles. The van der Waals surface area contributed by atoms with Crippen molar-refractivity contribution in [1.82, 2.24) is 10.3 Å². The molecule has 4 atom stereocenters. The summed E-state index contributed by atoms with van der Waals surface area (Å²) in [4.78, 5) is 18.4. The monoisotopic (exact) mass is 428 g/mol.